The van der Waals surface area contributed by atoms with Crippen LogP contribution in [0.2, 0.25) is 0 Å². The first-order chi connectivity index (χ1) is 13.3. The fourth-order valence-corrected chi connectivity index (χ4v) is 3.96. The summed E-state index contributed by atoms with van der Waals surface area (Å²) in [5.41, 5.74) is 1.75. The first-order valence-corrected chi connectivity index (χ1v) is 10.7. The number of primary sulfonamides is 1. The monoisotopic (exact) mass is 420 g/mol. The molecule has 146 valence electrons. The number of halogens is 1. The number of hydrogen-bond acceptors (Lipinski definition) is 6. The molecular weight excluding hydrogens is 403 g/mol. The molecule has 0 aliphatic rings. The molecule has 0 aliphatic carbocycles. The van der Waals surface area contributed by atoms with E-state index < -0.39 is 16.0 Å². The average Bonchev–Trinajstić information content (AvgIpc) is 3.11. The highest BCUT2D eigenvalue weighted by molar-refractivity contribution is 7.89. The fourth-order valence-electron chi connectivity index (χ4n) is 2.46. The first-order valence-electron chi connectivity index (χ1n) is 8.36. The molecule has 3 rings (SSSR count). The van der Waals surface area contributed by atoms with Gasteiger partial charge in [0.2, 0.25) is 15.0 Å². The van der Waals surface area contributed by atoms with Crippen molar-refractivity contribution < 1.29 is 22.3 Å². The molecular formula is C19H17FN2O4S2. The van der Waals surface area contributed by atoms with Gasteiger partial charge in [-0.05, 0) is 36.2 Å². The van der Waals surface area contributed by atoms with Crippen LogP contribution < -0.4 is 5.14 Å². The van der Waals surface area contributed by atoms with E-state index in [0.29, 0.717) is 28.1 Å². The van der Waals surface area contributed by atoms with Crippen LogP contribution in [0.1, 0.15) is 23.1 Å². The van der Waals surface area contributed by atoms with Crippen LogP contribution in [-0.2, 0) is 14.8 Å². The molecule has 0 radical (unpaired) electrons. The Morgan fingerprint density at radius 1 is 1.11 bits per heavy atom. The van der Waals surface area contributed by atoms with Crippen LogP contribution in [0.4, 0.5) is 4.39 Å². The van der Waals surface area contributed by atoms with E-state index in [4.69, 9.17) is 9.88 Å². The quantitative estimate of drug-likeness (QED) is 0.611. The molecule has 0 spiro atoms. The van der Waals surface area contributed by atoms with E-state index in [9.17, 15) is 17.6 Å². The number of ether oxygens (including phenoxy) is 1. The third-order valence-electron chi connectivity index (χ3n) is 3.80. The Bertz CT molecular complexity index is 1090. The largest absolute Gasteiger partial charge is 0.460 e. The van der Waals surface area contributed by atoms with Crippen molar-refractivity contribution in [1.29, 1.82) is 0 Å². The number of sulfonamides is 1. The molecule has 0 amide bonds. The van der Waals surface area contributed by atoms with Gasteiger partial charge in [-0.3, -0.25) is 0 Å². The predicted molar refractivity (Wildman–Crippen MR) is 105 cm³/mol. The van der Waals surface area contributed by atoms with Crippen LogP contribution in [0.15, 0.2) is 53.4 Å². The van der Waals surface area contributed by atoms with Gasteiger partial charge in [-0.15, -0.1) is 11.3 Å². The van der Waals surface area contributed by atoms with Gasteiger partial charge in [0.25, 0.3) is 0 Å². The molecule has 0 fully saturated rings. The van der Waals surface area contributed by atoms with E-state index in [0.717, 1.165) is 11.3 Å². The van der Waals surface area contributed by atoms with Crippen molar-refractivity contribution in [2.24, 2.45) is 5.14 Å². The molecule has 1 heterocycles. The van der Waals surface area contributed by atoms with Gasteiger partial charge in [-0.2, -0.15) is 0 Å². The molecule has 0 aliphatic heterocycles. The van der Waals surface area contributed by atoms with Crippen molar-refractivity contribution in [2.75, 3.05) is 6.61 Å². The zero-order valence-corrected chi connectivity index (χ0v) is 16.5. The van der Waals surface area contributed by atoms with Crippen LogP contribution in [0, 0.1) is 5.82 Å². The summed E-state index contributed by atoms with van der Waals surface area (Å²) < 4.78 is 41.4. The summed E-state index contributed by atoms with van der Waals surface area (Å²) >= 11 is 1.13. The molecule has 2 N–H and O–H groups in total. The Hall–Kier alpha value is -2.62. The fraction of sp³-hybridized carbons (Fsp3) is 0.158. The summed E-state index contributed by atoms with van der Waals surface area (Å²) in [6, 6.07) is 11.7. The van der Waals surface area contributed by atoms with Crippen LogP contribution in [0.5, 0.6) is 0 Å². The first kappa shape index (κ1) is 20.1. The third kappa shape index (κ3) is 4.44. The van der Waals surface area contributed by atoms with E-state index >= 15 is 0 Å². The number of nitrogens with two attached hydrogens (primary N) is 1. The van der Waals surface area contributed by atoms with Crippen molar-refractivity contribution in [2.45, 2.75) is 18.2 Å². The lowest BCUT2D eigenvalue weighted by atomic mass is 10.1. The molecule has 2 aromatic carbocycles. The highest BCUT2D eigenvalue weighted by Gasteiger charge is 2.20. The maximum atomic E-state index is 13.3. The SMILES string of the molecule is CCCOC(=O)c1nc(-c2ccc(S(N)(=O)=O)cc2)c(-c2ccc(F)cc2)s1. The Morgan fingerprint density at radius 3 is 2.29 bits per heavy atom. The Labute approximate surface area is 165 Å². The summed E-state index contributed by atoms with van der Waals surface area (Å²) in [5, 5.41) is 5.30. The number of nitrogens with zero attached hydrogens (tertiary/aromatic N) is 1. The van der Waals surface area contributed by atoms with Gasteiger partial charge in [-0.1, -0.05) is 31.2 Å². The maximum absolute atomic E-state index is 13.3. The van der Waals surface area contributed by atoms with Crippen molar-refractivity contribution in [1.82, 2.24) is 4.98 Å². The molecule has 3 aromatic rings. The van der Waals surface area contributed by atoms with Crippen molar-refractivity contribution in [3.8, 4) is 21.7 Å². The Balaban J connectivity index is 2.08. The van der Waals surface area contributed by atoms with Crippen LogP contribution in [-0.4, -0.2) is 26.0 Å². The normalized spacial score (nSPS) is 11.4. The number of rotatable bonds is 6. The van der Waals surface area contributed by atoms with E-state index in [-0.39, 0.29) is 22.3 Å². The molecule has 9 heteroatoms. The number of benzene rings is 2. The third-order valence-corrected chi connectivity index (χ3v) is 5.82. The van der Waals surface area contributed by atoms with E-state index in [2.05, 4.69) is 4.98 Å². The molecule has 0 unspecified atom stereocenters. The van der Waals surface area contributed by atoms with Crippen LogP contribution >= 0.6 is 11.3 Å². The zero-order valence-electron chi connectivity index (χ0n) is 14.9. The molecule has 0 saturated carbocycles. The standard InChI is InChI=1S/C19H17FN2O4S2/c1-2-11-26-19(23)18-22-16(12-5-9-15(10-6-12)28(21,24)25)17(27-18)13-3-7-14(20)8-4-13/h3-10H,2,11H2,1H3,(H2,21,24,25). The lowest BCUT2D eigenvalue weighted by Gasteiger charge is -2.04. The summed E-state index contributed by atoms with van der Waals surface area (Å²) in [4.78, 5) is 17.2. The zero-order chi connectivity index (χ0) is 20.3. The van der Waals surface area contributed by atoms with Crippen molar-refractivity contribution in [3.63, 3.8) is 0 Å². The minimum Gasteiger partial charge on any atom is -0.460 e. The second-order valence-electron chi connectivity index (χ2n) is 5.91. The number of carbonyl (C=O) groups is 1. The second kappa shape index (κ2) is 8.17. The molecule has 1 aromatic heterocycles. The molecule has 28 heavy (non-hydrogen) atoms. The summed E-state index contributed by atoms with van der Waals surface area (Å²) in [5.74, 6) is -0.919. The Morgan fingerprint density at radius 2 is 1.71 bits per heavy atom. The van der Waals surface area contributed by atoms with Gasteiger partial charge in [0.05, 0.1) is 22.1 Å². The lowest BCUT2D eigenvalue weighted by molar-refractivity contribution is 0.0505. The maximum Gasteiger partial charge on any atom is 0.367 e. The number of esters is 1. The van der Waals surface area contributed by atoms with Crippen molar-refractivity contribution >= 4 is 27.3 Å². The Kier molecular flexibility index (Phi) is 5.87. The number of hydrogen-bond donors (Lipinski definition) is 1. The summed E-state index contributed by atoms with van der Waals surface area (Å²) in [7, 11) is -3.82. The van der Waals surface area contributed by atoms with Gasteiger partial charge >= 0.3 is 5.97 Å². The van der Waals surface area contributed by atoms with Gasteiger partial charge < -0.3 is 4.74 Å². The van der Waals surface area contributed by atoms with Crippen LogP contribution in [0.3, 0.4) is 0 Å². The van der Waals surface area contributed by atoms with Crippen LogP contribution in [0.25, 0.3) is 21.7 Å². The molecule has 0 bridgehead atoms. The van der Waals surface area contributed by atoms with E-state index in [1.165, 1.54) is 24.3 Å². The molecule has 0 saturated heterocycles. The smallest absolute Gasteiger partial charge is 0.367 e. The second-order valence-corrected chi connectivity index (χ2v) is 8.47. The number of thiazole rings is 1. The van der Waals surface area contributed by atoms with Gasteiger partial charge in [0.1, 0.15) is 5.82 Å². The molecule has 6 nitrogen and oxygen atoms in total. The van der Waals surface area contributed by atoms with E-state index in [1.54, 1.807) is 24.3 Å². The van der Waals surface area contributed by atoms with E-state index in [1.807, 2.05) is 6.92 Å². The summed E-state index contributed by atoms with van der Waals surface area (Å²) in [6.07, 6.45) is 0.684. The van der Waals surface area contributed by atoms with Gasteiger partial charge in [0, 0.05) is 5.56 Å². The number of carbonyl (C=O) groups excluding carboxylic acids is 1. The van der Waals surface area contributed by atoms with Crippen molar-refractivity contribution in [3.05, 3.63) is 59.4 Å². The van der Waals surface area contributed by atoms with Gasteiger partial charge in [0.15, 0.2) is 0 Å². The van der Waals surface area contributed by atoms with Gasteiger partial charge in [-0.25, -0.2) is 27.7 Å². The highest BCUT2D eigenvalue weighted by atomic mass is 32.2. The summed E-state index contributed by atoms with van der Waals surface area (Å²) in [6.45, 7) is 2.17. The minimum atomic E-state index is -3.82. The highest BCUT2D eigenvalue weighted by Crippen LogP contribution is 2.37. The lowest BCUT2D eigenvalue weighted by Crippen LogP contribution is -2.11. The molecule has 0 atom stereocenters. The number of aromatic nitrogens is 1. The minimum absolute atomic E-state index is 0.0302. The topological polar surface area (TPSA) is 99.3 Å². The average molecular weight is 420 g/mol. The predicted octanol–water partition coefficient (Wildman–Crippen LogP) is 3.83.